The lowest BCUT2D eigenvalue weighted by Gasteiger charge is -2.24. The lowest BCUT2D eigenvalue weighted by atomic mass is 9.79. The van der Waals surface area contributed by atoms with Gasteiger partial charge < -0.3 is 14.8 Å². The van der Waals surface area contributed by atoms with E-state index < -0.39 is 7.12 Å². The first-order chi connectivity index (χ1) is 8.16. The highest BCUT2D eigenvalue weighted by Gasteiger charge is 2.21. The van der Waals surface area contributed by atoms with Crippen LogP contribution in [0.4, 0.5) is 0 Å². The Balaban J connectivity index is 2.14. The molecular formula is C13H19BO3. The van der Waals surface area contributed by atoms with Gasteiger partial charge in [-0.25, -0.2) is 0 Å². The Hall–Kier alpha value is -0.995. The number of benzene rings is 1. The highest BCUT2D eigenvalue weighted by molar-refractivity contribution is 6.59. The van der Waals surface area contributed by atoms with Crippen LogP contribution in [0.15, 0.2) is 18.2 Å². The van der Waals surface area contributed by atoms with Crippen molar-refractivity contribution in [2.75, 3.05) is 0 Å². The summed E-state index contributed by atoms with van der Waals surface area (Å²) < 4.78 is 5.91. The van der Waals surface area contributed by atoms with Gasteiger partial charge in [0, 0.05) is 5.46 Å². The van der Waals surface area contributed by atoms with Crippen molar-refractivity contribution in [1.82, 2.24) is 0 Å². The summed E-state index contributed by atoms with van der Waals surface area (Å²) in [6, 6.07) is 5.46. The third-order valence-corrected chi connectivity index (χ3v) is 3.29. The molecular weight excluding hydrogens is 215 g/mol. The second-order valence-corrected chi connectivity index (χ2v) is 4.79. The molecule has 2 rings (SSSR count). The fourth-order valence-corrected chi connectivity index (χ4v) is 2.32. The fraction of sp³-hybridized carbons (Fsp3) is 0.538. The summed E-state index contributed by atoms with van der Waals surface area (Å²) >= 11 is 0. The summed E-state index contributed by atoms with van der Waals surface area (Å²) in [5.74, 6) is 0.618. The van der Waals surface area contributed by atoms with E-state index in [1.807, 2.05) is 19.1 Å². The van der Waals surface area contributed by atoms with Crippen molar-refractivity contribution in [3.05, 3.63) is 23.8 Å². The first-order valence-corrected chi connectivity index (χ1v) is 6.30. The van der Waals surface area contributed by atoms with Crippen molar-refractivity contribution in [2.24, 2.45) is 0 Å². The van der Waals surface area contributed by atoms with Gasteiger partial charge in [0.2, 0.25) is 0 Å². The van der Waals surface area contributed by atoms with Crippen molar-refractivity contribution >= 4 is 12.6 Å². The minimum atomic E-state index is -1.46. The maximum absolute atomic E-state index is 9.30. The maximum Gasteiger partial charge on any atom is 0.492 e. The fourth-order valence-electron chi connectivity index (χ4n) is 2.32. The van der Waals surface area contributed by atoms with Gasteiger partial charge in [-0.15, -0.1) is 0 Å². The highest BCUT2D eigenvalue weighted by atomic mass is 16.5. The molecule has 0 bridgehead atoms. The Morgan fingerprint density at radius 1 is 1.18 bits per heavy atom. The van der Waals surface area contributed by atoms with Crippen LogP contribution < -0.4 is 10.2 Å². The summed E-state index contributed by atoms with van der Waals surface area (Å²) in [5, 5.41) is 18.6. The van der Waals surface area contributed by atoms with Gasteiger partial charge in [0.15, 0.2) is 0 Å². The van der Waals surface area contributed by atoms with E-state index in [1.54, 1.807) is 6.07 Å². The van der Waals surface area contributed by atoms with Crippen molar-refractivity contribution in [2.45, 2.75) is 45.1 Å². The third kappa shape index (κ3) is 3.24. The normalized spacial score (nSPS) is 16.9. The second kappa shape index (κ2) is 5.56. The van der Waals surface area contributed by atoms with Gasteiger partial charge in [0.1, 0.15) is 5.75 Å². The molecule has 0 spiro atoms. The zero-order valence-corrected chi connectivity index (χ0v) is 10.2. The summed E-state index contributed by atoms with van der Waals surface area (Å²) in [7, 11) is -1.46. The molecule has 0 saturated heterocycles. The number of rotatable bonds is 3. The molecule has 0 atom stereocenters. The molecule has 0 radical (unpaired) electrons. The van der Waals surface area contributed by atoms with Crippen LogP contribution in [-0.4, -0.2) is 23.3 Å². The van der Waals surface area contributed by atoms with E-state index in [0.717, 1.165) is 18.4 Å². The molecule has 0 aliphatic heterocycles. The van der Waals surface area contributed by atoms with Crippen LogP contribution in [0.3, 0.4) is 0 Å². The lowest BCUT2D eigenvalue weighted by molar-refractivity contribution is 0.156. The van der Waals surface area contributed by atoms with Crippen molar-refractivity contribution in [3.63, 3.8) is 0 Å². The average Bonchev–Trinajstić information content (AvgIpc) is 2.30. The first-order valence-electron chi connectivity index (χ1n) is 6.30. The number of ether oxygens (including phenoxy) is 1. The smallest absolute Gasteiger partial charge is 0.491 e. The van der Waals surface area contributed by atoms with Crippen LogP contribution in [0.5, 0.6) is 5.75 Å². The monoisotopic (exact) mass is 234 g/mol. The van der Waals surface area contributed by atoms with Crippen LogP contribution in [0.1, 0.15) is 37.7 Å². The standard InChI is InChI=1S/C13H19BO3/c1-10-7-8-12(14(15)16)13(9-10)17-11-5-3-2-4-6-11/h7-9,11,15-16H,2-6H2,1H3. The van der Waals surface area contributed by atoms with Gasteiger partial charge in [-0.2, -0.15) is 0 Å². The molecule has 1 aliphatic carbocycles. The maximum atomic E-state index is 9.30. The molecule has 0 aromatic heterocycles. The van der Waals surface area contributed by atoms with E-state index in [2.05, 4.69) is 0 Å². The van der Waals surface area contributed by atoms with Crippen LogP contribution in [0.2, 0.25) is 0 Å². The van der Waals surface area contributed by atoms with E-state index in [9.17, 15) is 10.0 Å². The Morgan fingerprint density at radius 2 is 1.88 bits per heavy atom. The largest absolute Gasteiger partial charge is 0.492 e. The molecule has 3 nitrogen and oxygen atoms in total. The topological polar surface area (TPSA) is 49.7 Å². The lowest BCUT2D eigenvalue weighted by Crippen LogP contribution is -2.33. The molecule has 1 aromatic carbocycles. The Morgan fingerprint density at radius 3 is 2.53 bits per heavy atom. The summed E-state index contributed by atoms with van der Waals surface area (Å²) in [4.78, 5) is 0. The SMILES string of the molecule is Cc1ccc(B(O)O)c(OC2CCCCC2)c1. The summed E-state index contributed by atoms with van der Waals surface area (Å²) in [6.45, 7) is 1.97. The molecule has 4 heteroatoms. The van der Waals surface area contributed by atoms with E-state index >= 15 is 0 Å². The average molecular weight is 234 g/mol. The number of hydrogen-bond donors (Lipinski definition) is 2. The predicted octanol–water partition coefficient (Wildman–Crippen LogP) is 1.39. The number of aryl methyl sites for hydroxylation is 1. The van der Waals surface area contributed by atoms with Gasteiger partial charge in [0.25, 0.3) is 0 Å². The van der Waals surface area contributed by atoms with Gasteiger partial charge in [-0.3, -0.25) is 0 Å². The predicted molar refractivity (Wildman–Crippen MR) is 68.5 cm³/mol. The Bertz CT molecular complexity index is 373. The molecule has 0 heterocycles. The Kier molecular flexibility index (Phi) is 4.08. The molecule has 1 aliphatic rings. The van der Waals surface area contributed by atoms with E-state index in [-0.39, 0.29) is 6.10 Å². The van der Waals surface area contributed by atoms with Crippen LogP contribution in [0, 0.1) is 6.92 Å². The zero-order valence-electron chi connectivity index (χ0n) is 10.2. The van der Waals surface area contributed by atoms with Crippen LogP contribution in [-0.2, 0) is 0 Å². The van der Waals surface area contributed by atoms with Crippen LogP contribution in [0.25, 0.3) is 0 Å². The quantitative estimate of drug-likeness (QED) is 0.777. The van der Waals surface area contributed by atoms with Gasteiger partial charge >= 0.3 is 7.12 Å². The minimum absolute atomic E-state index is 0.225. The molecule has 0 unspecified atom stereocenters. The zero-order chi connectivity index (χ0) is 12.3. The van der Waals surface area contributed by atoms with Crippen LogP contribution >= 0.6 is 0 Å². The molecule has 1 fully saturated rings. The molecule has 1 saturated carbocycles. The molecule has 1 aromatic rings. The summed E-state index contributed by atoms with van der Waals surface area (Å²) in [6.07, 6.45) is 6.04. The van der Waals surface area contributed by atoms with E-state index in [0.29, 0.717) is 11.2 Å². The molecule has 92 valence electrons. The van der Waals surface area contributed by atoms with Crippen molar-refractivity contribution in [1.29, 1.82) is 0 Å². The Labute approximate surface area is 103 Å². The number of hydrogen-bond acceptors (Lipinski definition) is 3. The van der Waals surface area contributed by atoms with Gasteiger partial charge in [-0.1, -0.05) is 18.6 Å². The third-order valence-electron chi connectivity index (χ3n) is 3.29. The van der Waals surface area contributed by atoms with Crippen molar-refractivity contribution in [3.8, 4) is 5.75 Å². The highest BCUT2D eigenvalue weighted by Crippen LogP contribution is 2.23. The summed E-state index contributed by atoms with van der Waals surface area (Å²) in [5.41, 5.74) is 1.53. The van der Waals surface area contributed by atoms with E-state index in [4.69, 9.17) is 4.74 Å². The van der Waals surface area contributed by atoms with Crippen molar-refractivity contribution < 1.29 is 14.8 Å². The molecule has 2 N–H and O–H groups in total. The van der Waals surface area contributed by atoms with E-state index in [1.165, 1.54) is 19.3 Å². The molecule has 0 amide bonds. The first kappa shape index (κ1) is 12.5. The van der Waals surface area contributed by atoms with Gasteiger partial charge in [0.05, 0.1) is 6.10 Å². The second-order valence-electron chi connectivity index (χ2n) is 4.79. The molecule has 17 heavy (non-hydrogen) atoms. The van der Waals surface area contributed by atoms with Gasteiger partial charge in [-0.05, 0) is 44.2 Å². The minimum Gasteiger partial charge on any atom is -0.491 e.